The number of carbonyl (C=O) groups excluding carboxylic acids is 1. The zero-order chi connectivity index (χ0) is 22.7. The molecule has 3 atom stereocenters. The monoisotopic (exact) mass is 422 g/mol. The van der Waals surface area contributed by atoms with Crippen LogP contribution in [0.1, 0.15) is 65.5 Å². The highest BCUT2D eigenvalue weighted by atomic mass is 16.6. The molecule has 1 aromatic rings. The second-order valence-corrected chi connectivity index (χ2v) is 8.54. The Morgan fingerprint density at radius 2 is 1.90 bits per heavy atom. The van der Waals surface area contributed by atoms with Crippen LogP contribution in [0.25, 0.3) is 0 Å². The first kappa shape index (κ1) is 25.9. The Labute approximate surface area is 180 Å². The van der Waals surface area contributed by atoms with Gasteiger partial charge in [0.05, 0.1) is 12.6 Å². The van der Waals surface area contributed by atoms with Crippen LogP contribution >= 0.6 is 0 Å². The number of nitrogens with zero attached hydrogens (tertiary/aromatic N) is 1. The van der Waals surface area contributed by atoms with E-state index < -0.39 is 11.6 Å². The largest absolute Gasteiger partial charge is 0.481 e. The quantitative estimate of drug-likeness (QED) is 0.713. The lowest BCUT2D eigenvalue weighted by molar-refractivity contribution is -0.137. The second-order valence-electron chi connectivity index (χ2n) is 8.54. The summed E-state index contributed by atoms with van der Waals surface area (Å²) in [5.74, 6) is -0.711. The van der Waals surface area contributed by atoms with Crippen molar-refractivity contribution in [2.45, 2.75) is 77.7 Å². The van der Waals surface area contributed by atoms with Crippen molar-refractivity contribution in [1.29, 1.82) is 0 Å². The first-order valence-electron chi connectivity index (χ1n) is 10.6. The number of likely N-dealkylation sites (tertiary alicyclic amines) is 1. The van der Waals surface area contributed by atoms with Crippen LogP contribution in [0.15, 0.2) is 30.3 Å². The molecular formula is C23H38N2O5. The number of aliphatic carboxylic acids is 1. The van der Waals surface area contributed by atoms with Gasteiger partial charge >= 0.3 is 12.1 Å². The van der Waals surface area contributed by atoms with Crippen LogP contribution in [-0.4, -0.2) is 60.0 Å². The van der Waals surface area contributed by atoms with Gasteiger partial charge in [-0.25, -0.2) is 4.79 Å². The molecule has 2 N–H and O–H groups in total. The van der Waals surface area contributed by atoms with E-state index in [9.17, 15) is 9.59 Å². The molecule has 170 valence electrons. The zero-order valence-electron chi connectivity index (χ0n) is 19.2. The normalized spacial score (nSPS) is 20.0. The van der Waals surface area contributed by atoms with E-state index in [1.165, 1.54) is 5.56 Å². The summed E-state index contributed by atoms with van der Waals surface area (Å²) in [7, 11) is 1.70. The Morgan fingerprint density at radius 3 is 2.37 bits per heavy atom. The number of piperidine rings is 1. The molecule has 7 nitrogen and oxygen atoms in total. The van der Waals surface area contributed by atoms with Crippen molar-refractivity contribution in [3.63, 3.8) is 0 Å². The van der Waals surface area contributed by atoms with E-state index in [0.29, 0.717) is 19.5 Å². The number of rotatable bonds is 6. The molecule has 1 aliphatic heterocycles. The Kier molecular flexibility index (Phi) is 10.8. The summed E-state index contributed by atoms with van der Waals surface area (Å²) in [6.45, 7) is 10.9. The average molecular weight is 423 g/mol. The van der Waals surface area contributed by atoms with Gasteiger partial charge in [0.2, 0.25) is 0 Å². The van der Waals surface area contributed by atoms with Gasteiger partial charge in [-0.15, -0.1) is 0 Å². The van der Waals surface area contributed by atoms with Crippen molar-refractivity contribution in [3.05, 3.63) is 35.9 Å². The minimum Gasteiger partial charge on any atom is -0.481 e. The lowest BCUT2D eigenvalue weighted by Gasteiger charge is -2.39. The molecular weight excluding hydrogens is 384 g/mol. The molecule has 0 radical (unpaired) electrons. The van der Waals surface area contributed by atoms with E-state index in [-0.39, 0.29) is 24.3 Å². The molecule has 1 aliphatic rings. The van der Waals surface area contributed by atoms with Gasteiger partial charge in [0.25, 0.3) is 0 Å². The Bertz CT molecular complexity index is 645. The fraction of sp³-hybridized carbons (Fsp3) is 0.652. The maximum Gasteiger partial charge on any atom is 0.410 e. The Morgan fingerprint density at radius 1 is 1.27 bits per heavy atom. The summed E-state index contributed by atoms with van der Waals surface area (Å²) in [6.07, 6.45) is 1.56. The van der Waals surface area contributed by atoms with Crippen LogP contribution in [0.3, 0.4) is 0 Å². The lowest BCUT2D eigenvalue weighted by Crippen LogP contribution is -2.55. The molecule has 0 bridgehead atoms. The summed E-state index contributed by atoms with van der Waals surface area (Å²) in [4.78, 5) is 23.6. The van der Waals surface area contributed by atoms with E-state index in [1.807, 2.05) is 45.9 Å². The van der Waals surface area contributed by atoms with Crippen LogP contribution in [0.2, 0.25) is 0 Å². The fourth-order valence-corrected chi connectivity index (χ4v) is 3.21. The first-order chi connectivity index (χ1) is 14.1. The maximum absolute atomic E-state index is 12.3. The minimum atomic E-state index is -0.711. The van der Waals surface area contributed by atoms with Crippen LogP contribution in [0.5, 0.6) is 0 Å². The van der Waals surface area contributed by atoms with E-state index in [2.05, 4.69) is 24.4 Å². The van der Waals surface area contributed by atoms with Gasteiger partial charge in [-0.2, -0.15) is 0 Å². The molecule has 1 aromatic carbocycles. The predicted octanol–water partition coefficient (Wildman–Crippen LogP) is 4.23. The number of methoxy groups -OCH3 is 1. The highest BCUT2D eigenvalue weighted by Gasteiger charge is 2.34. The summed E-state index contributed by atoms with van der Waals surface area (Å²) >= 11 is 0. The third-order valence-corrected chi connectivity index (χ3v) is 4.74. The molecule has 0 spiro atoms. The number of carbonyl (C=O) groups is 2. The highest BCUT2D eigenvalue weighted by molar-refractivity contribution is 5.68. The van der Waals surface area contributed by atoms with E-state index in [0.717, 1.165) is 12.8 Å². The third-order valence-electron chi connectivity index (χ3n) is 4.74. The van der Waals surface area contributed by atoms with Crippen LogP contribution in [0.4, 0.5) is 4.79 Å². The molecule has 1 saturated heterocycles. The number of carboxylic acids is 1. The number of nitrogens with one attached hydrogen (secondary N) is 1. The summed E-state index contributed by atoms with van der Waals surface area (Å²) in [5.41, 5.74) is 0.776. The molecule has 7 heteroatoms. The third kappa shape index (κ3) is 9.59. The number of ether oxygens (including phenoxy) is 2. The Balaban J connectivity index is 0.000000656. The molecule has 1 unspecified atom stereocenters. The average Bonchev–Trinajstić information content (AvgIpc) is 2.68. The number of benzene rings is 1. The summed E-state index contributed by atoms with van der Waals surface area (Å²) in [5, 5.41) is 11.6. The molecule has 1 fully saturated rings. The molecule has 1 heterocycles. The highest BCUT2D eigenvalue weighted by Crippen LogP contribution is 2.21. The van der Waals surface area contributed by atoms with E-state index in [4.69, 9.17) is 14.6 Å². The summed E-state index contributed by atoms with van der Waals surface area (Å²) < 4.78 is 11.1. The van der Waals surface area contributed by atoms with E-state index >= 15 is 0 Å². The minimum absolute atomic E-state index is 0.0440. The molecule has 30 heavy (non-hydrogen) atoms. The van der Waals surface area contributed by atoms with Crippen LogP contribution < -0.4 is 5.32 Å². The van der Waals surface area contributed by atoms with Gasteiger partial charge in [-0.1, -0.05) is 37.3 Å². The zero-order valence-corrected chi connectivity index (χ0v) is 19.2. The standard InChI is InChI=1S/C19H30N2O3.C4H8O2/c1-14(15-9-7-6-8-10-15)20-16-11-12-21(13-17(16)23-5)18(22)24-19(2,3)4;1-2-3-4(5)6/h6-10,14,16-17,20H,11-13H2,1-5H3;2-3H2,1H3,(H,5,6)/t14?,16-,17+;/m1./s1. The molecule has 0 saturated carbocycles. The van der Waals surface area contributed by atoms with Crippen LogP contribution in [-0.2, 0) is 14.3 Å². The summed E-state index contributed by atoms with van der Waals surface area (Å²) in [6, 6.07) is 10.8. The van der Waals surface area contributed by atoms with Gasteiger partial charge in [0.1, 0.15) is 5.60 Å². The van der Waals surface area contributed by atoms with Crippen molar-refractivity contribution in [3.8, 4) is 0 Å². The van der Waals surface area contributed by atoms with Crippen molar-refractivity contribution < 1.29 is 24.2 Å². The second kappa shape index (κ2) is 12.5. The predicted molar refractivity (Wildman–Crippen MR) is 118 cm³/mol. The van der Waals surface area contributed by atoms with Gasteiger partial charge in [-0.3, -0.25) is 4.79 Å². The van der Waals surface area contributed by atoms with Gasteiger partial charge in [0, 0.05) is 32.2 Å². The van der Waals surface area contributed by atoms with Crippen molar-refractivity contribution in [1.82, 2.24) is 10.2 Å². The van der Waals surface area contributed by atoms with E-state index in [1.54, 1.807) is 12.0 Å². The topological polar surface area (TPSA) is 88.1 Å². The number of hydrogen-bond donors (Lipinski definition) is 2. The maximum atomic E-state index is 12.3. The first-order valence-corrected chi connectivity index (χ1v) is 10.6. The smallest absolute Gasteiger partial charge is 0.410 e. The van der Waals surface area contributed by atoms with Gasteiger partial charge in [-0.05, 0) is 46.1 Å². The molecule has 0 aromatic heterocycles. The fourth-order valence-electron chi connectivity index (χ4n) is 3.21. The SMILES string of the molecule is CCCC(=O)O.CO[C@H]1CN(C(=O)OC(C)(C)C)CC[C@H]1NC(C)c1ccccc1. The number of carboxylic acid groups (broad SMARTS) is 1. The van der Waals surface area contributed by atoms with Gasteiger partial charge < -0.3 is 24.8 Å². The molecule has 2 rings (SSSR count). The number of amides is 1. The number of hydrogen-bond acceptors (Lipinski definition) is 5. The van der Waals surface area contributed by atoms with Crippen molar-refractivity contribution in [2.75, 3.05) is 20.2 Å². The van der Waals surface area contributed by atoms with Crippen molar-refractivity contribution in [2.24, 2.45) is 0 Å². The lowest BCUT2D eigenvalue weighted by atomic mass is 9.99. The van der Waals surface area contributed by atoms with Crippen LogP contribution in [0, 0.1) is 0 Å². The van der Waals surface area contributed by atoms with Gasteiger partial charge in [0.15, 0.2) is 0 Å². The molecule has 1 amide bonds. The molecule has 0 aliphatic carbocycles. The Hall–Kier alpha value is -2.12. The van der Waals surface area contributed by atoms with Crippen molar-refractivity contribution >= 4 is 12.1 Å².